The van der Waals surface area contributed by atoms with Gasteiger partial charge in [0.25, 0.3) is 5.91 Å². The summed E-state index contributed by atoms with van der Waals surface area (Å²) in [4.78, 5) is 32.8. The molecule has 84 valence electrons. The fraction of sp³-hybridized carbons (Fsp3) is 0. The number of hydrogen-bond acceptors (Lipinski definition) is 3. The third-order valence-electron chi connectivity index (χ3n) is 1.74. The van der Waals surface area contributed by atoms with Gasteiger partial charge in [0.15, 0.2) is 0 Å². The Hall–Kier alpha value is -2.57. The number of hydrazine groups is 1. The molecule has 0 spiro atoms. The van der Waals surface area contributed by atoms with Gasteiger partial charge in [-0.1, -0.05) is 12.1 Å². The van der Waals surface area contributed by atoms with Crippen molar-refractivity contribution in [1.82, 2.24) is 10.9 Å². The van der Waals surface area contributed by atoms with Crippen LogP contribution in [-0.4, -0.2) is 17.8 Å². The standard InChI is InChI=1S/C9H10N4O3/c10-7(14)5-3-1-2-4-6(5)8(15)12-13-9(11)16/h1-4H,(H2,10,14)(H,12,15)(H3,11,13,16). The Labute approximate surface area is 90.8 Å². The maximum Gasteiger partial charge on any atom is 0.330 e. The number of nitrogens with one attached hydrogen (secondary N) is 2. The van der Waals surface area contributed by atoms with Crippen molar-refractivity contribution in [3.8, 4) is 0 Å². The normalized spacial score (nSPS) is 9.25. The van der Waals surface area contributed by atoms with Crippen LogP contribution in [0.3, 0.4) is 0 Å². The number of primary amides is 2. The van der Waals surface area contributed by atoms with E-state index >= 15 is 0 Å². The number of hydrogen-bond donors (Lipinski definition) is 4. The largest absolute Gasteiger partial charge is 0.366 e. The van der Waals surface area contributed by atoms with E-state index < -0.39 is 17.8 Å². The fourth-order valence-electron chi connectivity index (χ4n) is 1.08. The maximum atomic E-state index is 11.5. The van der Waals surface area contributed by atoms with Crippen LogP contribution in [0.15, 0.2) is 24.3 Å². The summed E-state index contributed by atoms with van der Waals surface area (Å²) in [6, 6.07) is 5.02. The Kier molecular flexibility index (Phi) is 3.44. The van der Waals surface area contributed by atoms with Crippen molar-refractivity contribution in [2.45, 2.75) is 0 Å². The molecule has 7 nitrogen and oxygen atoms in total. The molecule has 4 amide bonds. The highest BCUT2D eigenvalue weighted by atomic mass is 16.2. The molecule has 6 N–H and O–H groups in total. The van der Waals surface area contributed by atoms with Crippen molar-refractivity contribution in [2.24, 2.45) is 11.5 Å². The van der Waals surface area contributed by atoms with E-state index in [1.165, 1.54) is 12.1 Å². The Morgan fingerprint density at radius 1 is 0.938 bits per heavy atom. The van der Waals surface area contributed by atoms with Gasteiger partial charge >= 0.3 is 6.03 Å². The first-order chi connectivity index (χ1) is 7.52. The van der Waals surface area contributed by atoms with Gasteiger partial charge in [-0.2, -0.15) is 0 Å². The van der Waals surface area contributed by atoms with Crippen molar-refractivity contribution in [3.63, 3.8) is 0 Å². The molecule has 0 bridgehead atoms. The molecule has 0 fully saturated rings. The predicted octanol–water partition coefficient (Wildman–Crippen LogP) is -0.901. The van der Waals surface area contributed by atoms with E-state index in [2.05, 4.69) is 0 Å². The van der Waals surface area contributed by atoms with E-state index in [1.54, 1.807) is 12.1 Å². The zero-order valence-electron chi connectivity index (χ0n) is 8.19. The number of nitrogens with two attached hydrogens (primary N) is 2. The van der Waals surface area contributed by atoms with Crippen LogP contribution < -0.4 is 22.3 Å². The minimum atomic E-state index is -0.912. The van der Waals surface area contributed by atoms with Crippen molar-refractivity contribution in [3.05, 3.63) is 35.4 Å². The van der Waals surface area contributed by atoms with Gasteiger partial charge in [-0.15, -0.1) is 0 Å². The van der Waals surface area contributed by atoms with E-state index in [4.69, 9.17) is 11.5 Å². The zero-order valence-corrected chi connectivity index (χ0v) is 8.19. The van der Waals surface area contributed by atoms with Gasteiger partial charge in [0.1, 0.15) is 0 Å². The first kappa shape index (κ1) is 11.5. The Morgan fingerprint density at radius 2 is 1.50 bits per heavy atom. The number of urea groups is 1. The number of benzene rings is 1. The topological polar surface area (TPSA) is 127 Å². The lowest BCUT2D eigenvalue weighted by atomic mass is 10.1. The first-order valence-corrected chi connectivity index (χ1v) is 4.27. The van der Waals surface area contributed by atoms with Crippen LogP contribution in [0.2, 0.25) is 0 Å². The monoisotopic (exact) mass is 222 g/mol. The fourth-order valence-corrected chi connectivity index (χ4v) is 1.08. The average molecular weight is 222 g/mol. The van der Waals surface area contributed by atoms with Gasteiger partial charge in [0.05, 0.1) is 11.1 Å². The second kappa shape index (κ2) is 4.78. The van der Waals surface area contributed by atoms with Crippen molar-refractivity contribution < 1.29 is 14.4 Å². The van der Waals surface area contributed by atoms with Crippen molar-refractivity contribution in [1.29, 1.82) is 0 Å². The first-order valence-electron chi connectivity index (χ1n) is 4.27. The quantitative estimate of drug-likeness (QED) is 0.484. The summed E-state index contributed by atoms with van der Waals surface area (Å²) in [5.74, 6) is -1.40. The Balaban J connectivity index is 2.90. The molecule has 0 aromatic heterocycles. The van der Waals surface area contributed by atoms with Crippen LogP contribution in [0.5, 0.6) is 0 Å². The molecule has 0 radical (unpaired) electrons. The lowest BCUT2D eigenvalue weighted by Crippen LogP contribution is -2.44. The lowest BCUT2D eigenvalue weighted by molar-refractivity contribution is 0.0923. The smallest absolute Gasteiger partial charge is 0.330 e. The van der Waals surface area contributed by atoms with E-state index in [-0.39, 0.29) is 11.1 Å². The van der Waals surface area contributed by atoms with Crippen molar-refractivity contribution in [2.75, 3.05) is 0 Å². The molecule has 16 heavy (non-hydrogen) atoms. The van der Waals surface area contributed by atoms with Crippen LogP contribution in [0.1, 0.15) is 20.7 Å². The van der Waals surface area contributed by atoms with Crippen LogP contribution in [0.25, 0.3) is 0 Å². The summed E-state index contributed by atoms with van der Waals surface area (Å²) in [5, 5.41) is 0. The van der Waals surface area contributed by atoms with E-state index in [9.17, 15) is 14.4 Å². The molecular formula is C9H10N4O3. The third kappa shape index (κ3) is 2.71. The number of carbonyl (C=O) groups is 3. The van der Waals surface area contributed by atoms with Crippen LogP contribution in [0, 0.1) is 0 Å². The molecule has 0 saturated heterocycles. The average Bonchev–Trinajstić information content (AvgIpc) is 2.25. The summed E-state index contributed by atoms with van der Waals surface area (Å²) in [7, 11) is 0. The summed E-state index contributed by atoms with van der Waals surface area (Å²) in [6.45, 7) is 0. The van der Waals surface area contributed by atoms with Crippen LogP contribution in [-0.2, 0) is 0 Å². The third-order valence-corrected chi connectivity index (χ3v) is 1.74. The lowest BCUT2D eigenvalue weighted by Gasteiger charge is -2.07. The summed E-state index contributed by atoms with van der Waals surface area (Å²) < 4.78 is 0. The summed E-state index contributed by atoms with van der Waals surface area (Å²) in [5.41, 5.74) is 13.9. The van der Waals surface area contributed by atoms with E-state index in [0.29, 0.717) is 0 Å². The molecule has 0 aliphatic carbocycles. The zero-order chi connectivity index (χ0) is 12.1. The second-order valence-electron chi connectivity index (χ2n) is 2.85. The SMILES string of the molecule is NC(=O)NNC(=O)c1ccccc1C(N)=O. The minimum Gasteiger partial charge on any atom is -0.366 e. The number of carbonyl (C=O) groups excluding carboxylic acids is 3. The molecule has 0 heterocycles. The minimum absolute atomic E-state index is 0.0590. The maximum absolute atomic E-state index is 11.5. The van der Waals surface area contributed by atoms with Gasteiger partial charge in [0.2, 0.25) is 5.91 Å². The highest BCUT2D eigenvalue weighted by Gasteiger charge is 2.14. The molecule has 7 heteroatoms. The molecule has 0 aliphatic heterocycles. The molecule has 0 unspecified atom stereocenters. The van der Waals surface area contributed by atoms with Gasteiger partial charge in [0, 0.05) is 0 Å². The summed E-state index contributed by atoms with van der Waals surface area (Å²) >= 11 is 0. The van der Waals surface area contributed by atoms with Gasteiger partial charge in [-0.05, 0) is 12.1 Å². The number of amides is 4. The highest BCUT2D eigenvalue weighted by molar-refractivity contribution is 6.06. The molecule has 0 saturated carbocycles. The van der Waals surface area contributed by atoms with Crippen LogP contribution in [0.4, 0.5) is 4.79 Å². The van der Waals surface area contributed by atoms with Crippen molar-refractivity contribution >= 4 is 17.8 Å². The molecule has 1 aromatic rings. The predicted molar refractivity (Wildman–Crippen MR) is 55.1 cm³/mol. The molecule has 1 aromatic carbocycles. The molecule has 0 aliphatic rings. The summed E-state index contributed by atoms with van der Waals surface area (Å²) in [6.07, 6.45) is 0. The Bertz CT molecular complexity index is 444. The molecular weight excluding hydrogens is 212 g/mol. The Morgan fingerprint density at radius 3 is 2.00 bits per heavy atom. The molecule has 0 atom stereocenters. The van der Waals surface area contributed by atoms with Gasteiger partial charge < -0.3 is 11.5 Å². The van der Waals surface area contributed by atoms with Crippen LogP contribution >= 0.6 is 0 Å². The number of rotatable bonds is 2. The van der Waals surface area contributed by atoms with Gasteiger partial charge in [-0.25, -0.2) is 10.2 Å². The van der Waals surface area contributed by atoms with E-state index in [0.717, 1.165) is 0 Å². The molecule has 1 rings (SSSR count). The van der Waals surface area contributed by atoms with E-state index in [1.807, 2.05) is 10.9 Å². The second-order valence-corrected chi connectivity index (χ2v) is 2.85. The van der Waals surface area contributed by atoms with Gasteiger partial charge in [-0.3, -0.25) is 15.0 Å². The highest BCUT2D eigenvalue weighted by Crippen LogP contribution is 2.07.